The monoisotopic (exact) mass is 232 g/mol. The standard InChI is InChI=1S/C8H10BrFN2/c1-8(2,3)6-7(9)11-4-5(10)12-6/h4H,1-3H3. The zero-order chi connectivity index (χ0) is 9.35. The zero-order valence-corrected chi connectivity index (χ0v) is 8.81. The molecule has 0 spiro atoms. The van der Waals surface area contributed by atoms with E-state index in [2.05, 4.69) is 25.9 Å². The fraction of sp³-hybridized carbons (Fsp3) is 0.500. The first-order valence-electron chi connectivity index (χ1n) is 3.60. The Bertz CT molecular complexity index is 294. The van der Waals surface area contributed by atoms with E-state index >= 15 is 0 Å². The Morgan fingerprint density at radius 2 is 2.00 bits per heavy atom. The molecule has 0 bridgehead atoms. The van der Waals surface area contributed by atoms with E-state index in [0.29, 0.717) is 10.3 Å². The minimum absolute atomic E-state index is 0.187. The number of rotatable bonds is 0. The topological polar surface area (TPSA) is 25.8 Å². The summed E-state index contributed by atoms with van der Waals surface area (Å²) in [4.78, 5) is 7.59. The molecule has 0 amide bonds. The summed E-state index contributed by atoms with van der Waals surface area (Å²) in [6.07, 6.45) is 1.10. The molecule has 1 aromatic heterocycles. The van der Waals surface area contributed by atoms with Crippen molar-refractivity contribution in [1.82, 2.24) is 9.97 Å². The van der Waals surface area contributed by atoms with Gasteiger partial charge in [0.15, 0.2) is 0 Å². The molecule has 0 saturated heterocycles. The summed E-state index contributed by atoms with van der Waals surface area (Å²) in [5.41, 5.74) is 0.455. The average Bonchev–Trinajstić information content (AvgIpc) is 1.92. The van der Waals surface area contributed by atoms with Gasteiger partial charge < -0.3 is 0 Å². The van der Waals surface area contributed by atoms with Gasteiger partial charge in [-0.3, -0.25) is 0 Å². The predicted octanol–water partition coefficient (Wildman–Crippen LogP) is 2.68. The van der Waals surface area contributed by atoms with Crippen molar-refractivity contribution >= 4 is 15.9 Å². The Morgan fingerprint density at radius 3 is 2.42 bits per heavy atom. The molecule has 0 N–H and O–H groups in total. The molecule has 66 valence electrons. The Morgan fingerprint density at radius 1 is 1.42 bits per heavy atom. The van der Waals surface area contributed by atoms with Crippen LogP contribution in [-0.2, 0) is 5.41 Å². The lowest BCUT2D eigenvalue weighted by Crippen LogP contribution is -2.16. The minimum Gasteiger partial charge on any atom is -0.243 e. The molecule has 0 aliphatic heterocycles. The maximum atomic E-state index is 12.7. The number of hydrogen-bond donors (Lipinski definition) is 0. The van der Waals surface area contributed by atoms with Crippen molar-refractivity contribution in [3.8, 4) is 0 Å². The van der Waals surface area contributed by atoms with Crippen LogP contribution in [0.5, 0.6) is 0 Å². The summed E-state index contributed by atoms with van der Waals surface area (Å²) in [5, 5.41) is 0. The first-order chi connectivity index (χ1) is 5.41. The highest BCUT2D eigenvalue weighted by Gasteiger charge is 2.20. The van der Waals surface area contributed by atoms with Crippen molar-refractivity contribution in [3.05, 3.63) is 22.4 Å². The Balaban J connectivity index is 3.23. The van der Waals surface area contributed by atoms with Crippen LogP contribution < -0.4 is 0 Å². The predicted molar refractivity (Wildman–Crippen MR) is 48.4 cm³/mol. The van der Waals surface area contributed by atoms with Crippen LogP contribution in [0.4, 0.5) is 4.39 Å². The van der Waals surface area contributed by atoms with E-state index in [9.17, 15) is 4.39 Å². The fourth-order valence-corrected chi connectivity index (χ4v) is 1.62. The number of aromatic nitrogens is 2. The third-order valence-electron chi connectivity index (χ3n) is 1.41. The second-order valence-corrected chi connectivity index (χ2v) is 4.33. The quantitative estimate of drug-likeness (QED) is 0.688. The highest BCUT2D eigenvalue weighted by atomic mass is 79.9. The second-order valence-electron chi connectivity index (χ2n) is 3.58. The maximum Gasteiger partial charge on any atom is 0.231 e. The van der Waals surface area contributed by atoms with Gasteiger partial charge in [-0.15, -0.1) is 0 Å². The summed E-state index contributed by atoms with van der Waals surface area (Å²) in [7, 11) is 0. The molecular weight excluding hydrogens is 223 g/mol. The molecule has 12 heavy (non-hydrogen) atoms. The van der Waals surface area contributed by atoms with E-state index in [-0.39, 0.29) is 5.41 Å². The highest BCUT2D eigenvalue weighted by molar-refractivity contribution is 9.10. The van der Waals surface area contributed by atoms with Gasteiger partial charge in [0.25, 0.3) is 0 Å². The molecule has 1 rings (SSSR count). The largest absolute Gasteiger partial charge is 0.243 e. The van der Waals surface area contributed by atoms with Crippen molar-refractivity contribution in [2.45, 2.75) is 26.2 Å². The van der Waals surface area contributed by atoms with Gasteiger partial charge in [0.1, 0.15) is 4.60 Å². The molecule has 0 aliphatic rings. The van der Waals surface area contributed by atoms with E-state index in [4.69, 9.17) is 0 Å². The first-order valence-corrected chi connectivity index (χ1v) is 4.39. The molecule has 0 unspecified atom stereocenters. The van der Waals surface area contributed by atoms with Crippen molar-refractivity contribution in [3.63, 3.8) is 0 Å². The first kappa shape index (κ1) is 9.58. The number of hydrogen-bond acceptors (Lipinski definition) is 2. The summed E-state index contributed by atoms with van der Waals surface area (Å²) in [6.45, 7) is 5.88. The molecular formula is C8H10BrFN2. The highest BCUT2D eigenvalue weighted by Crippen LogP contribution is 2.25. The molecule has 0 aromatic carbocycles. The van der Waals surface area contributed by atoms with Crippen molar-refractivity contribution < 1.29 is 4.39 Å². The lowest BCUT2D eigenvalue weighted by molar-refractivity contribution is 0.511. The van der Waals surface area contributed by atoms with Crippen LogP contribution >= 0.6 is 15.9 Å². The molecule has 0 atom stereocenters. The molecule has 0 saturated carbocycles. The molecule has 4 heteroatoms. The Labute approximate surface area is 79.4 Å². The smallest absolute Gasteiger partial charge is 0.231 e. The summed E-state index contributed by atoms with van der Waals surface area (Å²) in [5.74, 6) is -0.539. The van der Waals surface area contributed by atoms with Gasteiger partial charge >= 0.3 is 0 Å². The fourth-order valence-electron chi connectivity index (χ4n) is 0.830. The van der Waals surface area contributed by atoms with Gasteiger partial charge in [-0.05, 0) is 15.9 Å². The molecule has 0 aliphatic carbocycles. The average molecular weight is 233 g/mol. The van der Waals surface area contributed by atoms with Gasteiger partial charge in [-0.2, -0.15) is 4.39 Å². The SMILES string of the molecule is CC(C)(C)c1nc(F)cnc1Br. The van der Waals surface area contributed by atoms with E-state index in [0.717, 1.165) is 6.20 Å². The van der Waals surface area contributed by atoms with Crippen LogP contribution in [0.25, 0.3) is 0 Å². The van der Waals surface area contributed by atoms with Crippen molar-refractivity contribution in [2.75, 3.05) is 0 Å². The van der Waals surface area contributed by atoms with E-state index in [1.165, 1.54) is 0 Å². The van der Waals surface area contributed by atoms with Gasteiger partial charge in [-0.1, -0.05) is 20.8 Å². The van der Waals surface area contributed by atoms with Crippen molar-refractivity contribution in [2.24, 2.45) is 0 Å². The summed E-state index contributed by atoms with van der Waals surface area (Å²) in [6, 6.07) is 0. The van der Waals surface area contributed by atoms with Crippen molar-refractivity contribution in [1.29, 1.82) is 0 Å². The van der Waals surface area contributed by atoms with Crippen LogP contribution in [0.3, 0.4) is 0 Å². The third-order valence-corrected chi connectivity index (χ3v) is 1.99. The Hall–Kier alpha value is -0.510. The zero-order valence-electron chi connectivity index (χ0n) is 7.23. The maximum absolute atomic E-state index is 12.7. The number of nitrogens with zero attached hydrogens (tertiary/aromatic N) is 2. The van der Waals surface area contributed by atoms with Crippen LogP contribution in [0.15, 0.2) is 10.8 Å². The van der Waals surface area contributed by atoms with Gasteiger partial charge in [0, 0.05) is 5.41 Å². The molecule has 0 radical (unpaired) electrons. The van der Waals surface area contributed by atoms with E-state index in [1.54, 1.807) is 0 Å². The lowest BCUT2D eigenvalue weighted by atomic mass is 9.93. The third kappa shape index (κ3) is 2.00. The van der Waals surface area contributed by atoms with Gasteiger partial charge in [-0.25, -0.2) is 9.97 Å². The van der Waals surface area contributed by atoms with Crippen LogP contribution in [-0.4, -0.2) is 9.97 Å². The van der Waals surface area contributed by atoms with Gasteiger partial charge in [0.05, 0.1) is 11.9 Å². The Kier molecular flexibility index (Phi) is 2.46. The van der Waals surface area contributed by atoms with Crippen LogP contribution in [0.2, 0.25) is 0 Å². The molecule has 2 nitrogen and oxygen atoms in total. The second kappa shape index (κ2) is 3.09. The van der Waals surface area contributed by atoms with Gasteiger partial charge in [0.2, 0.25) is 5.95 Å². The van der Waals surface area contributed by atoms with Crippen LogP contribution in [0, 0.1) is 5.95 Å². The molecule has 0 fully saturated rings. The molecule has 1 heterocycles. The van der Waals surface area contributed by atoms with Crippen LogP contribution in [0.1, 0.15) is 26.5 Å². The van der Waals surface area contributed by atoms with E-state index in [1.807, 2.05) is 20.8 Å². The summed E-state index contributed by atoms with van der Waals surface area (Å²) >= 11 is 3.23. The molecule has 1 aromatic rings. The van der Waals surface area contributed by atoms with E-state index < -0.39 is 5.95 Å². The normalized spacial score (nSPS) is 11.8. The number of halogens is 2. The summed E-state index contributed by atoms with van der Waals surface area (Å²) < 4.78 is 13.3. The lowest BCUT2D eigenvalue weighted by Gasteiger charge is -2.17. The minimum atomic E-state index is -0.539.